The van der Waals surface area contributed by atoms with Crippen LogP contribution in [0.4, 0.5) is 5.69 Å². The minimum atomic E-state index is 0.0209. The van der Waals surface area contributed by atoms with Crippen LogP contribution in [0.5, 0.6) is 5.75 Å². The Morgan fingerprint density at radius 1 is 1.03 bits per heavy atom. The summed E-state index contributed by atoms with van der Waals surface area (Å²) in [5.74, 6) is 0.861. The van der Waals surface area contributed by atoms with Crippen LogP contribution in [0, 0.1) is 0 Å². The lowest BCUT2D eigenvalue weighted by molar-refractivity contribution is -0.119. The first-order valence-electron chi connectivity index (χ1n) is 10.7. The Morgan fingerprint density at radius 2 is 1.87 bits per heavy atom. The van der Waals surface area contributed by atoms with E-state index in [4.69, 9.17) is 9.47 Å². The van der Waals surface area contributed by atoms with E-state index in [0.29, 0.717) is 19.8 Å². The third kappa shape index (κ3) is 7.56. The first-order chi connectivity index (χ1) is 14.7. The summed E-state index contributed by atoms with van der Waals surface area (Å²) in [7, 11) is 1.66. The van der Waals surface area contributed by atoms with Crippen molar-refractivity contribution in [1.82, 2.24) is 5.32 Å². The largest absolute Gasteiger partial charge is 0.497 e. The van der Waals surface area contributed by atoms with Crippen molar-refractivity contribution in [3.63, 3.8) is 0 Å². The molecule has 1 amide bonds. The standard InChI is InChI=1S/C25H32N2O3/c1-29-24-12-10-21(11-13-24)18-30-19-22-8-5-9-23(16-22)27-17-25(28)26-15-14-20-6-3-2-4-7-20/h5-6,8-13,16,27H,2-4,7,14-15,17-19H2,1H3,(H,26,28). The van der Waals surface area contributed by atoms with E-state index in [1.165, 1.54) is 31.3 Å². The van der Waals surface area contributed by atoms with Gasteiger partial charge in [-0.25, -0.2) is 0 Å². The second-order valence-electron chi connectivity index (χ2n) is 7.60. The van der Waals surface area contributed by atoms with Crippen molar-refractivity contribution in [2.75, 3.05) is 25.5 Å². The Labute approximate surface area is 179 Å². The number of carbonyl (C=O) groups is 1. The molecule has 0 unspecified atom stereocenters. The van der Waals surface area contributed by atoms with Crippen LogP contribution in [-0.2, 0) is 22.7 Å². The number of nitrogens with one attached hydrogen (secondary N) is 2. The average Bonchev–Trinajstić information content (AvgIpc) is 2.79. The lowest BCUT2D eigenvalue weighted by Crippen LogP contribution is -2.30. The summed E-state index contributed by atoms with van der Waals surface area (Å²) in [5, 5.41) is 6.20. The summed E-state index contributed by atoms with van der Waals surface area (Å²) in [4.78, 5) is 12.1. The molecule has 2 N–H and O–H groups in total. The van der Waals surface area contributed by atoms with Gasteiger partial charge in [-0.3, -0.25) is 4.79 Å². The molecule has 2 aromatic rings. The molecule has 1 aliphatic carbocycles. The smallest absolute Gasteiger partial charge is 0.239 e. The zero-order chi connectivity index (χ0) is 21.0. The van der Waals surface area contributed by atoms with E-state index in [1.54, 1.807) is 7.11 Å². The Bertz CT molecular complexity index is 831. The fourth-order valence-corrected chi connectivity index (χ4v) is 3.52. The van der Waals surface area contributed by atoms with Crippen LogP contribution in [0.3, 0.4) is 0 Å². The van der Waals surface area contributed by atoms with Crippen LogP contribution in [0.15, 0.2) is 60.2 Å². The SMILES string of the molecule is COc1ccc(COCc2cccc(NCC(=O)NCCC3=CCCCC3)c2)cc1. The molecule has 0 radical (unpaired) electrons. The number of hydrogen-bond donors (Lipinski definition) is 2. The van der Waals surface area contributed by atoms with Crippen molar-refractivity contribution >= 4 is 11.6 Å². The van der Waals surface area contributed by atoms with Crippen molar-refractivity contribution in [3.8, 4) is 5.75 Å². The maximum absolute atomic E-state index is 12.1. The van der Waals surface area contributed by atoms with Gasteiger partial charge in [-0.2, -0.15) is 0 Å². The molecule has 2 aromatic carbocycles. The van der Waals surface area contributed by atoms with Crippen molar-refractivity contribution < 1.29 is 14.3 Å². The van der Waals surface area contributed by atoms with E-state index in [0.717, 1.165) is 29.0 Å². The highest BCUT2D eigenvalue weighted by molar-refractivity contribution is 5.80. The normalized spacial score (nSPS) is 13.4. The Kier molecular flexibility index (Phi) is 8.79. The minimum Gasteiger partial charge on any atom is -0.497 e. The summed E-state index contributed by atoms with van der Waals surface area (Å²) < 4.78 is 11.0. The van der Waals surface area contributed by atoms with Crippen LogP contribution in [0.2, 0.25) is 0 Å². The number of carbonyl (C=O) groups excluding carboxylic acids is 1. The number of rotatable bonds is 11. The number of benzene rings is 2. The molecule has 160 valence electrons. The maximum atomic E-state index is 12.1. The highest BCUT2D eigenvalue weighted by Gasteiger charge is 2.05. The molecule has 3 rings (SSSR count). The predicted molar refractivity (Wildman–Crippen MR) is 121 cm³/mol. The third-order valence-electron chi connectivity index (χ3n) is 5.23. The molecule has 0 heterocycles. The molecule has 0 aliphatic heterocycles. The molecule has 0 saturated heterocycles. The highest BCUT2D eigenvalue weighted by atomic mass is 16.5. The Morgan fingerprint density at radius 3 is 2.63 bits per heavy atom. The van der Waals surface area contributed by atoms with Crippen molar-refractivity contribution in [2.45, 2.75) is 45.3 Å². The molecule has 30 heavy (non-hydrogen) atoms. The van der Waals surface area contributed by atoms with Gasteiger partial charge in [-0.05, 0) is 67.5 Å². The van der Waals surface area contributed by atoms with Gasteiger partial charge in [0.15, 0.2) is 0 Å². The number of hydrogen-bond acceptors (Lipinski definition) is 4. The molecule has 5 nitrogen and oxygen atoms in total. The van der Waals surface area contributed by atoms with Crippen LogP contribution in [-0.4, -0.2) is 26.1 Å². The number of amides is 1. The molecular weight excluding hydrogens is 376 g/mol. The van der Waals surface area contributed by atoms with Gasteiger partial charge in [-0.15, -0.1) is 0 Å². The summed E-state index contributed by atoms with van der Waals surface area (Å²) in [5.41, 5.74) is 4.58. The van der Waals surface area contributed by atoms with Crippen LogP contribution in [0.25, 0.3) is 0 Å². The molecule has 0 fully saturated rings. The van der Waals surface area contributed by atoms with Crippen molar-refractivity contribution in [1.29, 1.82) is 0 Å². The first kappa shape index (κ1) is 21.9. The van der Waals surface area contributed by atoms with E-state index in [2.05, 4.69) is 16.7 Å². The lowest BCUT2D eigenvalue weighted by atomic mass is 9.97. The van der Waals surface area contributed by atoms with Gasteiger partial charge in [-0.1, -0.05) is 35.9 Å². The van der Waals surface area contributed by atoms with Gasteiger partial charge in [0.25, 0.3) is 0 Å². The fraction of sp³-hybridized carbons (Fsp3) is 0.400. The minimum absolute atomic E-state index is 0.0209. The number of allylic oxidation sites excluding steroid dienone is 1. The molecule has 5 heteroatoms. The zero-order valence-electron chi connectivity index (χ0n) is 17.8. The molecule has 0 bridgehead atoms. The summed E-state index contributed by atoms with van der Waals surface area (Å²) in [6, 6.07) is 15.8. The maximum Gasteiger partial charge on any atom is 0.239 e. The van der Waals surface area contributed by atoms with E-state index in [1.807, 2.05) is 48.5 Å². The van der Waals surface area contributed by atoms with E-state index in [-0.39, 0.29) is 12.5 Å². The van der Waals surface area contributed by atoms with Gasteiger partial charge in [0, 0.05) is 12.2 Å². The monoisotopic (exact) mass is 408 g/mol. The summed E-state index contributed by atoms with van der Waals surface area (Å²) in [6.07, 6.45) is 8.24. The van der Waals surface area contributed by atoms with Crippen LogP contribution >= 0.6 is 0 Å². The molecule has 0 saturated carbocycles. The lowest BCUT2D eigenvalue weighted by Gasteiger charge is -2.13. The van der Waals surface area contributed by atoms with Gasteiger partial charge in [0.2, 0.25) is 5.91 Å². The number of ether oxygens (including phenoxy) is 2. The first-order valence-corrected chi connectivity index (χ1v) is 10.7. The average molecular weight is 409 g/mol. The zero-order valence-corrected chi connectivity index (χ0v) is 17.8. The quantitative estimate of drug-likeness (QED) is 0.523. The summed E-state index contributed by atoms with van der Waals surface area (Å²) in [6.45, 7) is 2.05. The van der Waals surface area contributed by atoms with Gasteiger partial charge in [0.05, 0.1) is 26.9 Å². The van der Waals surface area contributed by atoms with Gasteiger partial charge >= 0.3 is 0 Å². The van der Waals surface area contributed by atoms with E-state index < -0.39 is 0 Å². The van der Waals surface area contributed by atoms with E-state index in [9.17, 15) is 4.79 Å². The van der Waals surface area contributed by atoms with Crippen LogP contribution < -0.4 is 15.4 Å². The third-order valence-corrected chi connectivity index (χ3v) is 5.23. The predicted octanol–water partition coefficient (Wildman–Crippen LogP) is 4.83. The number of methoxy groups -OCH3 is 1. The molecular formula is C25H32N2O3. The highest BCUT2D eigenvalue weighted by Crippen LogP contribution is 2.19. The Hall–Kier alpha value is -2.79. The van der Waals surface area contributed by atoms with Gasteiger partial charge < -0.3 is 20.1 Å². The van der Waals surface area contributed by atoms with Crippen molar-refractivity contribution in [2.24, 2.45) is 0 Å². The molecule has 1 aliphatic rings. The molecule has 0 aromatic heterocycles. The van der Waals surface area contributed by atoms with Crippen LogP contribution in [0.1, 0.15) is 43.2 Å². The Balaban J connectivity index is 1.35. The molecule has 0 atom stereocenters. The molecule has 0 spiro atoms. The topological polar surface area (TPSA) is 59.6 Å². The van der Waals surface area contributed by atoms with E-state index >= 15 is 0 Å². The summed E-state index contributed by atoms with van der Waals surface area (Å²) >= 11 is 0. The fourth-order valence-electron chi connectivity index (χ4n) is 3.52. The number of anilines is 1. The van der Waals surface area contributed by atoms with Gasteiger partial charge in [0.1, 0.15) is 5.75 Å². The second-order valence-corrected chi connectivity index (χ2v) is 7.60. The second kappa shape index (κ2) is 12.0. The van der Waals surface area contributed by atoms with Crippen molar-refractivity contribution in [3.05, 3.63) is 71.3 Å².